The molecule has 2 heterocycles. The van der Waals surface area contributed by atoms with Crippen molar-refractivity contribution in [2.75, 3.05) is 13.1 Å². The lowest BCUT2D eigenvalue weighted by molar-refractivity contribution is -0.00841. The maximum atomic E-state index is 12.2. The van der Waals surface area contributed by atoms with Gasteiger partial charge in [0.05, 0.1) is 6.10 Å². The number of piperidine rings is 1. The number of carbonyl (C=O) groups excluding carboxylic acids is 1. The summed E-state index contributed by atoms with van der Waals surface area (Å²) in [5, 5.41) is 10.2. The van der Waals surface area contributed by atoms with Crippen LogP contribution in [-0.4, -0.2) is 45.9 Å². The van der Waals surface area contributed by atoms with Gasteiger partial charge in [0, 0.05) is 35.4 Å². The van der Waals surface area contributed by atoms with Crippen molar-refractivity contribution in [1.82, 2.24) is 9.88 Å². The molecule has 1 saturated heterocycles. The molecule has 0 bridgehead atoms. The van der Waals surface area contributed by atoms with Gasteiger partial charge in [0.1, 0.15) is 5.60 Å². The fourth-order valence-corrected chi connectivity index (χ4v) is 2.74. The number of nitrogens with zero attached hydrogens (tertiary/aromatic N) is 2. The van der Waals surface area contributed by atoms with Crippen LogP contribution in [0.25, 0.3) is 0 Å². The largest absolute Gasteiger partial charge is 0.444 e. The van der Waals surface area contributed by atoms with Crippen LogP contribution in [0.3, 0.4) is 0 Å². The Morgan fingerprint density at radius 2 is 2.23 bits per heavy atom. The summed E-state index contributed by atoms with van der Waals surface area (Å²) in [4.78, 5) is 18.2. The summed E-state index contributed by atoms with van der Waals surface area (Å²) in [7, 11) is 0. The molecule has 1 fully saturated rings. The van der Waals surface area contributed by atoms with Gasteiger partial charge < -0.3 is 14.7 Å². The lowest BCUT2D eigenvalue weighted by Crippen LogP contribution is -2.48. The van der Waals surface area contributed by atoms with Crippen molar-refractivity contribution in [3.63, 3.8) is 0 Å². The van der Waals surface area contributed by atoms with Crippen molar-refractivity contribution in [3.8, 4) is 0 Å². The number of halogens is 1. The number of aliphatic hydroxyl groups excluding tert-OH is 1. The molecule has 1 amide bonds. The molecule has 0 radical (unpaired) electrons. The first-order valence-corrected chi connectivity index (χ1v) is 8.30. The van der Waals surface area contributed by atoms with E-state index in [0.717, 1.165) is 10.2 Å². The van der Waals surface area contributed by atoms with Crippen molar-refractivity contribution in [1.29, 1.82) is 0 Å². The summed E-state index contributed by atoms with van der Waals surface area (Å²) >= 11 is 3.36. The Kier molecular flexibility index (Phi) is 5.45. The third-order valence-corrected chi connectivity index (χ3v) is 4.07. The van der Waals surface area contributed by atoms with Crippen molar-refractivity contribution in [2.24, 2.45) is 5.92 Å². The van der Waals surface area contributed by atoms with E-state index in [4.69, 9.17) is 4.74 Å². The number of ether oxygens (including phenoxy) is 1. The van der Waals surface area contributed by atoms with Gasteiger partial charge in [0.25, 0.3) is 0 Å². The van der Waals surface area contributed by atoms with Gasteiger partial charge in [-0.3, -0.25) is 4.98 Å². The summed E-state index contributed by atoms with van der Waals surface area (Å²) in [6.07, 6.45) is 2.24. The van der Waals surface area contributed by atoms with E-state index < -0.39 is 11.7 Å². The molecule has 2 rings (SSSR count). The monoisotopic (exact) mass is 370 g/mol. The van der Waals surface area contributed by atoms with Gasteiger partial charge in [-0.15, -0.1) is 0 Å². The Bertz CT molecular complexity index is 513. The van der Waals surface area contributed by atoms with Gasteiger partial charge >= 0.3 is 6.09 Å². The predicted octanol–water partition coefficient (Wildman–Crippen LogP) is 3.00. The van der Waals surface area contributed by atoms with Crippen molar-refractivity contribution in [2.45, 2.75) is 45.3 Å². The Morgan fingerprint density at radius 3 is 2.82 bits per heavy atom. The second-order valence-electron chi connectivity index (χ2n) is 6.71. The Balaban J connectivity index is 1.98. The van der Waals surface area contributed by atoms with E-state index >= 15 is 0 Å². The SMILES string of the molecule is CC(C)(C)OC(=O)N1CCC(O)C(Cc2ccc(Br)cn2)C1. The number of aliphatic hydroxyl groups is 1. The first-order valence-electron chi connectivity index (χ1n) is 7.51. The predicted molar refractivity (Wildman–Crippen MR) is 87.6 cm³/mol. The van der Waals surface area contributed by atoms with E-state index in [2.05, 4.69) is 20.9 Å². The van der Waals surface area contributed by atoms with Crippen molar-refractivity contribution in [3.05, 3.63) is 28.5 Å². The molecule has 0 saturated carbocycles. The van der Waals surface area contributed by atoms with E-state index in [1.54, 1.807) is 11.1 Å². The van der Waals surface area contributed by atoms with Gasteiger partial charge in [-0.05, 0) is 61.7 Å². The van der Waals surface area contributed by atoms with Crippen molar-refractivity contribution >= 4 is 22.0 Å². The number of aromatic nitrogens is 1. The lowest BCUT2D eigenvalue weighted by Gasteiger charge is -2.36. The van der Waals surface area contributed by atoms with Gasteiger partial charge in [0.2, 0.25) is 0 Å². The van der Waals surface area contributed by atoms with Crippen molar-refractivity contribution < 1.29 is 14.6 Å². The molecule has 1 aromatic rings. The van der Waals surface area contributed by atoms with Gasteiger partial charge in [-0.1, -0.05) is 0 Å². The number of rotatable bonds is 2. The Labute approximate surface area is 139 Å². The highest BCUT2D eigenvalue weighted by Crippen LogP contribution is 2.23. The van der Waals surface area contributed by atoms with Crippen LogP contribution in [0.4, 0.5) is 4.79 Å². The van der Waals surface area contributed by atoms with E-state index in [1.807, 2.05) is 32.9 Å². The number of hydrogen-bond acceptors (Lipinski definition) is 4. The van der Waals surface area contributed by atoms with Gasteiger partial charge in [0.15, 0.2) is 0 Å². The smallest absolute Gasteiger partial charge is 0.410 e. The first-order chi connectivity index (χ1) is 10.2. The minimum absolute atomic E-state index is 0.0186. The number of likely N-dealkylation sites (tertiary alicyclic amines) is 1. The molecule has 0 aromatic carbocycles. The minimum Gasteiger partial charge on any atom is -0.444 e. The first kappa shape index (κ1) is 17.2. The molecule has 1 aliphatic heterocycles. The normalized spacial score (nSPS) is 22.5. The molecule has 1 N–H and O–H groups in total. The Hall–Kier alpha value is -1.14. The molecule has 5 nitrogen and oxygen atoms in total. The van der Waals surface area contributed by atoms with Gasteiger partial charge in [-0.25, -0.2) is 4.79 Å². The maximum absolute atomic E-state index is 12.2. The van der Waals surface area contributed by atoms with E-state index in [1.165, 1.54) is 0 Å². The van der Waals surface area contributed by atoms with Crippen LogP contribution in [0.2, 0.25) is 0 Å². The molecule has 2 atom stereocenters. The highest BCUT2D eigenvalue weighted by atomic mass is 79.9. The zero-order valence-corrected chi connectivity index (χ0v) is 14.8. The summed E-state index contributed by atoms with van der Waals surface area (Å²) in [5.41, 5.74) is 0.411. The molecule has 0 spiro atoms. The highest BCUT2D eigenvalue weighted by molar-refractivity contribution is 9.10. The highest BCUT2D eigenvalue weighted by Gasteiger charge is 2.32. The van der Waals surface area contributed by atoms with Gasteiger partial charge in [-0.2, -0.15) is 0 Å². The van der Waals surface area contributed by atoms with Crippen LogP contribution in [0.1, 0.15) is 32.9 Å². The van der Waals surface area contributed by atoms with Crippen LogP contribution >= 0.6 is 15.9 Å². The number of carbonyl (C=O) groups is 1. The Morgan fingerprint density at radius 1 is 1.50 bits per heavy atom. The molecule has 2 unspecified atom stereocenters. The van der Waals surface area contributed by atoms with E-state index in [9.17, 15) is 9.90 Å². The second-order valence-corrected chi connectivity index (χ2v) is 7.63. The zero-order valence-electron chi connectivity index (χ0n) is 13.3. The molecular formula is C16H23BrN2O3. The molecule has 6 heteroatoms. The van der Waals surface area contributed by atoms with Crippen LogP contribution in [0.15, 0.2) is 22.8 Å². The number of pyridine rings is 1. The molecule has 1 aromatic heterocycles. The molecular weight excluding hydrogens is 348 g/mol. The third-order valence-electron chi connectivity index (χ3n) is 3.61. The van der Waals surface area contributed by atoms with Crippen LogP contribution < -0.4 is 0 Å². The molecule has 22 heavy (non-hydrogen) atoms. The summed E-state index contributed by atoms with van der Waals surface area (Å²) in [6.45, 7) is 6.58. The van der Waals surface area contributed by atoms with Crippen LogP contribution in [-0.2, 0) is 11.2 Å². The second kappa shape index (κ2) is 6.96. The van der Waals surface area contributed by atoms with E-state index in [-0.39, 0.29) is 12.0 Å². The van der Waals surface area contributed by atoms with E-state index in [0.29, 0.717) is 25.9 Å². The maximum Gasteiger partial charge on any atom is 0.410 e. The molecule has 122 valence electrons. The number of hydrogen-bond donors (Lipinski definition) is 1. The topological polar surface area (TPSA) is 62.7 Å². The summed E-state index contributed by atoms with van der Waals surface area (Å²) in [5.74, 6) is -0.0186. The number of amides is 1. The fourth-order valence-electron chi connectivity index (χ4n) is 2.51. The zero-order chi connectivity index (χ0) is 16.3. The van der Waals surface area contributed by atoms with Crippen LogP contribution in [0, 0.1) is 5.92 Å². The molecule has 1 aliphatic rings. The summed E-state index contributed by atoms with van der Waals surface area (Å²) in [6, 6.07) is 3.87. The van der Waals surface area contributed by atoms with Crippen LogP contribution in [0.5, 0.6) is 0 Å². The quantitative estimate of drug-likeness (QED) is 0.868. The average molecular weight is 371 g/mol. The minimum atomic E-state index is -0.504. The average Bonchev–Trinajstić information content (AvgIpc) is 2.41. The molecule has 0 aliphatic carbocycles. The lowest BCUT2D eigenvalue weighted by atomic mass is 9.90. The summed E-state index contributed by atoms with van der Waals surface area (Å²) < 4.78 is 6.34. The standard InChI is InChI=1S/C16H23BrN2O3/c1-16(2,3)22-15(21)19-7-6-14(20)11(10-19)8-13-5-4-12(17)9-18-13/h4-5,9,11,14,20H,6-8,10H2,1-3H3. The fraction of sp³-hybridized carbons (Fsp3) is 0.625. The third kappa shape index (κ3) is 4.95.